The minimum Gasteiger partial charge on any atom is -0.379 e. The zero-order valence-corrected chi connectivity index (χ0v) is 13.6. The zero-order valence-electron chi connectivity index (χ0n) is 13.6. The molecule has 2 aliphatic rings. The molecular weight excluding hydrogens is 296 g/mol. The van der Waals surface area contributed by atoms with Gasteiger partial charge < -0.3 is 14.4 Å². The van der Waals surface area contributed by atoms with E-state index in [1.165, 1.54) is 0 Å². The number of hydrogen-bond donors (Lipinski definition) is 0. The normalized spacial score (nSPS) is 25.4. The summed E-state index contributed by atoms with van der Waals surface area (Å²) in [7, 11) is 1.79. The van der Waals surface area contributed by atoms with Crippen LogP contribution in [0.4, 0.5) is 0 Å². The molecule has 2 saturated heterocycles. The van der Waals surface area contributed by atoms with Gasteiger partial charge in [0.15, 0.2) is 0 Å². The Kier molecular flexibility index (Phi) is 5.53. The largest absolute Gasteiger partial charge is 0.379 e. The van der Waals surface area contributed by atoms with E-state index in [2.05, 4.69) is 14.9 Å². The van der Waals surface area contributed by atoms with Crippen LogP contribution < -0.4 is 0 Å². The second-order valence-corrected chi connectivity index (χ2v) is 6.13. The maximum Gasteiger partial charge on any atom is 0.251 e. The number of ether oxygens (including phenoxy) is 2. The van der Waals surface area contributed by atoms with E-state index in [9.17, 15) is 4.79 Å². The molecule has 0 bridgehead atoms. The summed E-state index contributed by atoms with van der Waals surface area (Å²) in [5, 5.41) is 0. The number of morpholine rings is 1. The first-order chi connectivity index (χ1) is 11.2. The van der Waals surface area contributed by atoms with Gasteiger partial charge in [-0.15, -0.1) is 0 Å². The van der Waals surface area contributed by atoms with Crippen LogP contribution in [-0.4, -0.2) is 77.8 Å². The van der Waals surface area contributed by atoms with E-state index in [4.69, 9.17) is 9.47 Å². The summed E-state index contributed by atoms with van der Waals surface area (Å²) in [6.07, 6.45) is 6.49. The van der Waals surface area contributed by atoms with E-state index in [1.54, 1.807) is 30.5 Å². The lowest BCUT2D eigenvalue weighted by Gasteiger charge is -2.29. The molecule has 3 rings (SSSR count). The Morgan fingerprint density at radius 2 is 2.17 bits per heavy atom. The van der Waals surface area contributed by atoms with Crippen molar-refractivity contribution in [3.8, 4) is 0 Å². The number of rotatable bonds is 5. The fourth-order valence-corrected chi connectivity index (χ4v) is 3.07. The van der Waals surface area contributed by atoms with Crippen molar-refractivity contribution >= 4 is 5.91 Å². The minimum atomic E-state index is -0.331. The number of aromatic nitrogens is 2. The molecule has 1 aromatic heterocycles. The maximum absolute atomic E-state index is 12.5. The van der Waals surface area contributed by atoms with Gasteiger partial charge in [0.05, 0.1) is 37.8 Å². The van der Waals surface area contributed by atoms with Crippen LogP contribution in [0.25, 0.3) is 0 Å². The number of nitrogens with zero attached hydrogens (tertiary/aromatic N) is 4. The molecule has 7 heteroatoms. The summed E-state index contributed by atoms with van der Waals surface area (Å²) >= 11 is 0. The minimum absolute atomic E-state index is 0.0279. The van der Waals surface area contributed by atoms with Crippen molar-refractivity contribution in [2.75, 3.05) is 39.9 Å². The summed E-state index contributed by atoms with van der Waals surface area (Å²) in [5.41, 5.74) is 0.784. The zero-order chi connectivity index (χ0) is 16.1. The fraction of sp³-hybridized carbons (Fsp3) is 0.688. The van der Waals surface area contributed by atoms with Crippen LogP contribution in [0.2, 0.25) is 0 Å². The second kappa shape index (κ2) is 7.81. The lowest BCUT2D eigenvalue weighted by Crippen LogP contribution is -2.42. The van der Waals surface area contributed by atoms with Crippen molar-refractivity contribution in [2.45, 2.75) is 31.6 Å². The maximum atomic E-state index is 12.5. The fourth-order valence-electron chi connectivity index (χ4n) is 3.07. The van der Waals surface area contributed by atoms with Crippen molar-refractivity contribution in [3.63, 3.8) is 0 Å². The molecule has 0 aliphatic carbocycles. The van der Waals surface area contributed by atoms with E-state index < -0.39 is 0 Å². The van der Waals surface area contributed by atoms with Crippen molar-refractivity contribution in [1.82, 2.24) is 19.8 Å². The molecule has 3 heterocycles. The molecule has 1 amide bonds. The number of hydrogen-bond acceptors (Lipinski definition) is 6. The Morgan fingerprint density at radius 1 is 1.35 bits per heavy atom. The molecule has 2 fully saturated rings. The first kappa shape index (κ1) is 16.3. The lowest BCUT2D eigenvalue weighted by molar-refractivity contribution is -0.142. The van der Waals surface area contributed by atoms with Crippen LogP contribution in [0.3, 0.4) is 0 Å². The second-order valence-electron chi connectivity index (χ2n) is 6.13. The van der Waals surface area contributed by atoms with E-state index in [0.717, 1.165) is 51.4 Å². The Hall–Kier alpha value is -1.57. The van der Waals surface area contributed by atoms with E-state index in [0.29, 0.717) is 6.54 Å². The van der Waals surface area contributed by atoms with Crippen molar-refractivity contribution in [2.24, 2.45) is 0 Å². The third kappa shape index (κ3) is 4.46. The highest BCUT2D eigenvalue weighted by molar-refractivity contribution is 5.80. The summed E-state index contributed by atoms with van der Waals surface area (Å²) < 4.78 is 11.3. The van der Waals surface area contributed by atoms with Gasteiger partial charge in [0.25, 0.3) is 5.91 Å². The van der Waals surface area contributed by atoms with E-state index >= 15 is 0 Å². The number of amides is 1. The SMILES string of the molecule is CN(Cc1cnccn1)C(=O)[C@@H]1CC[C@H](CN2CCOCC2)O1. The highest BCUT2D eigenvalue weighted by Crippen LogP contribution is 2.22. The van der Waals surface area contributed by atoms with Gasteiger partial charge in [-0.05, 0) is 12.8 Å². The Bertz CT molecular complexity index is 507. The highest BCUT2D eigenvalue weighted by Gasteiger charge is 2.33. The molecule has 0 aromatic carbocycles. The Morgan fingerprint density at radius 3 is 2.91 bits per heavy atom. The smallest absolute Gasteiger partial charge is 0.251 e. The first-order valence-corrected chi connectivity index (χ1v) is 8.18. The number of carbonyl (C=O) groups excluding carboxylic acids is 1. The van der Waals surface area contributed by atoms with Crippen LogP contribution in [0.1, 0.15) is 18.5 Å². The quantitative estimate of drug-likeness (QED) is 0.778. The van der Waals surface area contributed by atoms with Crippen LogP contribution in [-0.2, 0) is 20.8 Å². The van der Waals surface area contributed by atoms with Gasteiger partial charge in [0.2, 0.25) is 0 Å². The molecule has 23 heavy (non-hydrogen) atoms. The van der Waals surface area contributed by atoms with Gasteiger partial charge in [-0.25, -0.2) is 0 Å². The van der Waals surface area contributed by atoms with Crippen molar-refractivity contribution in [3.05, 3.63) is 24.3 Å². The monoisotopic (exact) mass is 320 g/mol. The van der Waals surface area contributed by atoms with Crippen molar-refractivity contribution < 1.29 is 14.3 Å². The van der Waals surface area contributed by atoms with E-state index in [-0.39, 0.29) is 18.1 Å². The molecule has 2 aliphatic heterocycles. The summed E-state index contributed by atoms with van der Waals surface area (Å²) in [4.78, 5) is 24.8. The summed E-state index contributed by atoms with van der Waals surface area (Å²) in [5.74, 6) is 0.0279. The van der Waals surface area contributed by atoms with Gasteiger partial charge in [-0.2, -0.15) is 0 Å². The average Bonchev–Trinajstić information content (AvgIpc) is 3.04. The van der Waals surface area contributed by atoms with Crippen LogP contribution in [0.15, 0.2) is 18.6 Å². The Labute approximate surface area is 136 Å². The Balaban J connectivity index is 1.46. The predicted octanol–water partition coefficient (Wildman–Crippen LogP) is 0.315. The van der Waals surface area contributed by atoms with Gasteiger partial charge in [0.1, 0.15) is 6.10 Å². The van der Waals surface area contributed by atoms with Crippen LogP contribution >= 0.6 is 0 Å². The molecule has 0 N–H and O–H groups in total. The van der Waals surface area contributed by atoms with Crippen LogP contribution in [0.5, 0.6) is 0 Å². The lowest BCUT2D eigenvalue weighted by atomic mass is 10.1. The number of likely N-dealkylation sites (N-methyl/N-ethyl adjacent to an activating group) is 1. The molecule has 7 nitrogen and oxygen atoms in total. The van der Waals surface area contributed by atoms with Gasteiger partial charge >= 0.3 is 0 Å². The van der Waals surface area contributed by atoms with Gasteiger partial charge in [-0.3, -0.25) is 19.7 Å². The summed E-state index contributed by atoms with van der Waals surface area (Å²) in [6, 6.07) is 0. The molecule has 1 aromatic rings. The van der Waals surface area contributed by atoms with Crippen LogP contribution in [0, 0.1) is 0 Å². The molecule has 0 radical (unpaired) electrons. The predicted molar refractivity (Wildman–Crippen MR) is 83.7 cm³/mol. The molecule has 0 saturated carbocycles. The highest BCUT2D eigenvalue weighted by atomic mass is 16.5. The third-order valence-corrected chi connectivity index (χ3v) is 4.34. The molecular formula is C16H24N4O3. The molecule has 0 unspecified atom stereocenters. The van der Waals surface area contributed by atoms with E-state index in [1.807, 2.05) is 0 Å². The topological polar surface area (TPSA) is 67.8 Å². The van der Waals surface area contributed by atoms with Gasteiger partial charge in [0, 0.05) is 39.1 Å². The molecule has 126 valence electrons. The average molecular weight is 320 g/mol. The molecule has 0 spiro atoms. The van der Waals surface area contributed by atoms with Crippen molar-refractivity contribution in [1.29, 1.82) is 0 Å². The van der Waals surface area contributed by atoms with Gasteiger partial charge in [-0.1, -0.05) is 0 Å². The summed E-state index contributed by atoms with van der Waals surface area (Å²) in [6.45, 7) is 4.82. The standard InChI is InChI=1S/C16H24N4O3/c1-19(11-13-10-17-4-5-18-13)16(21)15-3-2-14(23-15)12-20-6-8-22-9-7-20/h4-5,10,14-15H,2-3,6-9,11-12H2,1H3/t14-,15+/m1/s1. The first-order valence-electron chi connectivity index (χ1n) is 8.18. The molecule has 2 atom stereocenters. The number of carbonyl (C=O) groups is 1. The third-order valence-electron chi connectivity index (χ3n) is 4.34.